The van der Waals surface area contributed by atoms with E-state index in [1.807, 2.05) is 0 Å². The summed E-state index contributed by atoms with van der Waals surface area (Å²) in [6.45, 7) is 8.95. The van der Waals surface area contributed by atoms with E-state index in [1.165, 1.54) is 24.8 Å². The van der Waals surface area contributed by atoms with E-state index in [0.717, 1.165) is 11.5 Å². The average Bonchev–Trinajstić information content (AvgIpc) is 2.74. The Morgan fingerprint density at radius 3 is 2.17 bits per heavy atom. The molecule has 1 heteroatoms. The van der Waals surface area contributed by atoms with E-state index in [-0.39, 0.29) is 11.5 Å². The van der Waals surface area contributed by atoms with Crippen LogP contribution in [-0.4, -0.2) is 5.11 Å². The standard InChI is InChI=1S/C17H26O/c1-12-5-6-14(11-12)16(18)13-7-9-15(10-8-13)17(2,3)4/h7-10,12,14,16,18H,5-6,11H2,1-4H3. The van der Waals surface area contributed by atoms with Crippen molar-refractivity contribution >= 4 is 0 Å². The maximum Gasteiger partial charge on any atom is 0.0818 e. The van der Waals surface area contributed by atoms with Gasteiger partial charge in [-0.1, -0.05) is 58.4 Å². The van der Waals surface area contributed by atoms with Gasteiger partial charge in [-0.2, -0.15) is 0 Å². The Bertz CT molecular complexity index is 385. The molecule has 0 heterocycles. The van der Waals surface area contributed by atoms with Crippen LogP contribution in [0.5, 0.6) is 0 Å². The van der Waals surface area contributed by atoms with Gasteiger partial charge in [0, 0.05) is 0 Å². The van der Waals surface area contributed by atoms with Crippen molar-refractivity contribution in [3.8, 4) is 0 Å². The Morgan fingerprint density at radius 2 is 1.72 bits per heavy atom. The first kappa shape index (κ1) is 13.6. The molecule has 1 aliphatic rings. The van der Waals surface area contributed by atoms with Gasteiger partial charge in [-0.05, 0) is 41.2 Å². The van der Waals surface area contributed by atoms with Gasteiger partial charge in [0.25, 0.3) is 0 Å². The molecule has 100 valence electrons. The molecule has 3 unspecified atom stereocenters. The molecule has 0 saturated heterocycles. The van der Waals surface area contributed by atoms with E-state index in [4.69, 9.17) is 0 Å². The van der Waals surface area contributed by atoms with Crippen LogP contribution in [-0.2, 0) is 5.41 Å². The van der Waals surface area contributed by atoms with Crippen molar-refractivity contribution in [2.45, 2.75) is 58.5 Å². The van der Waals surface area contributed by atoms with E-state index < -0.39 is 0 Å². The summed E-state index contributed by atoms with van der Waals surface area (Å²) in [7, 11) is 0. The number of aliphatic hydroxyl groups is 1. The fourth-order valence-corrected chi connectivity index (χ4v) is 2.99. The van der Waals surface area contributed by atoms with Crippen molar-refractivity contribution in [2.24, 2.45) is 11.8 Å². The molecule has 1 aromatic carbocycles. The van der Waals surface area contributed by atoms with Crippen LogP contribution in [0.15, 0.2) is 24.3 Å². The van der Waals surface area contributed by atoms with Crippen LogP contribution in [0.2, 0.25) is 0 Å². The zero-order valence-electron chi connectivity index (χ0n) is 12.1. The lowest BCUT2D eigenvalue weighted by atomic mass is 9.85. The highest BCUT2D eigenvalue weighted by Crippen LogP contribution is 2.39. The third kappa shape index (κ3) is 2.95. The Hall–Kier alpha value is -0.820. The summed E-state index contributed by atoms with van der Waals surface area (Å²) in [4.78, 5) is 0. The minimum atomic E-state index is -0.274. The van der Waals surface area contributed by atoms with E-state index in [2.05, 4.69) is 52.0 Å². The zero-order valence-corrected chi connectivity index (χ0v) is 12.1. The first-order chi connectivity index (χ1) is 8.38. The Labute approximate surface area is 111 Å². The van der Waals surface area contributed by atoms with Crippen molar-refractivity contribution in [1.29, 1.82) is 0 Å². The second-order valence-electron chi connectivity index (χ2n) is 7.00. The molecule has 1 saturated carbocycles. The van der Waals surface area contributed by atoms with Crippen molar-refractivity contribution in [3.63, 3.8) is 0 Å². The minimum Gasteiger partial charge on any atom is -0.388 e. The quantitative estimate of drug-likeness (QED) is 0.817. The first-order valence-electron chi connectivity index (χ1n) is 7.16. The van der Waals surface area contributed by atoms with Gasteiger partial charge >= 0.3 is 0 Å². The number of aliphatic hydroxyl groups excluding tert-OH is 1. The molecule has 0 radical (unpaired) electrons. The number of hydrogen-bond donors (Lipinski definition) is 1. The fraction of sp³-hybridized carbons (Fsp3) is 0.647. The second-order valence-corrected chi connectivity index (χ2v) is 7.00. The molecule has 0 aliphatic heterocycles. The van der Waals surface area contributed by atoms with Gasteiger partial charge in [0.1, 0.15) is 0 Å². The molecule has 18 heavy (non-hydrogen) atoms. The molecule has 1 fully saturated rings. The molecule has 1 aliphatic carbocycles. The molecule has 3 atom stereocenters. The molecule has 1 N–H and O–H groups in total. The molecule has 1 nitrogen and oxygen atoms in total. The summed E-state index contributed by atoms with van der Waals surface area (Å²) >= 11 is 0. The third-order valence-electron chi connectivity index (χ3n) is 4.30. The Morgan fingerprint density at radius 1 is 1.11 bits per heavy atom. The lowest BCUT2D eigenvalue weighted by molar-refractivity contribution is 0.109. The topological polar surface area (TPSA) is 20.2 Å². The van der Waals surface area contributed by atoms with Gasteiger partial charge < -0.3 is 5.11 Å². The van der Waals surface area contributed by atoms with Gasteiger partial charge in [0.15, 0.2) is 0 Å². The van der Waals surface area contributed by atoms with Crippen LogP contribution in [0.25, 0.3) is 0 Å². The predicted molar refractivity (Wildman–Crippen MR) is 76.6 cm³/mol. The van der Waals surface area contributed by atoms with Gasteiger partial charge in [-0.15, -0.1) is 0 Å². The van der Waals surface area contributed by atoms with E-state index in [9.17, 15) is 5.11 Å². The van der Waals surface area contributed by atoms with Gasteiger partial charge in [0.05, 0.1) is 6.10 Å². The van der Waals surface area contributed by atoms with E-state index in [1.54, 1.807) is 0 Å². The third-order valence-corrected chi connectivity index (χ3v) is 4.30. The van der Waals surface area contributed by atoms with E-state index in [0.29, 0.717) is 5.92 Å². The highest BCUT2D eigenvalue weighted by Gasteiger charge is 2.28. The van der Waals surface area contributed by atoms with Crippen molar-refractivity contribution < 1.29 is 5.11 Å². The summed E-state index contributed by atoms with van der Waals surface area (Å²) in [6.07, 6.45) is 3.33. The molecule has 1 aromatic rings. The SMILES string of the molecule is CC1CCC(C(O)c2ccc(C(C)(C)C)cc2)C1. The molecular weight excluding hydrogens is 220 g/mol. The summed E-state index contributed by atoms with van der Waals surface area (Å²) in [5.74, 6) is 1.24. The second kappa shape index (κ2) is 5.05. The molecule has 0 spiro atoms. The van der Waals surface area contributed by atoms with Gasteiger partial charge in [-0.3, -0.25) is 0 Å². The summed E-state index contributed by atoms with van der Waals surface area (Å²) in [5.41, 5.74) is 2.60. The highest BCUT2D eigenvalue weighted by atomic mass is 16.3. The molecule has 0 bridgehead atoms. The Balaban J connectivity index is 2.10. The smallest absolute Gasteiger partial charge is 0.0818 e. The van der Waals surface area contributed by atoms with Crippen molar-refractivity contribution in [2.75, 3.05) is 0 Å². The van der Waals surface area contributed by atoms with Gasteiger partial charge in [0.2, 0.25) is 0 Å². The highest BCUT2D eigenvalue weighted by molar-refractivity contribution is 5.29. The average molecular weight is 246 g/mol. The summed E-state index contributed by atoms with van der Waals surface area (Å²) in [6, 6.07) is 8.54. The summed E-state index contributed by atoms with van der Waals surface area (Å²) in [5, 5.41) is 10.4. The van der Waals surface area contributed by atoms with Crippen LogP contribution in [0.4, 0.5) is 0 Å². The van der Waals surface area contributed by atoms with E-state index >= 15 is 0 Å². The largest absolute Gasteiger partial charge is 0.388 e. The minimum absolute atomic E-state index is 0.186. The zero-order chi connectivity index (χ0) is 13.3. The number of rotatable bonds is 2. The maximum atomic E-state index is 10.4. The normalized spacial score (nSPS) is 26.3. The van der Waals surface area contributed by atoms with Gasteiger partial charge in [-0.25, -0.2) is 0 Å². The van der Waals surface area contributed by atoms with Crippen LogP contribution in [0.3, 0.4) is 0 Å². The van der Waals surface area contributed by atoms with Crippen LogP contribution in [0, 0.1) is 11.8 Å². The number of hydrogen-bond acceptors (Lipinski definition) is 1. The first-order valence-corrected chi connectivity index (χ1v) is 7.16. The lowest BCUT2D eigenvalue weighted by Gasteiger charge is -2.22. The van der Waals surface area contributed by atoms with Crippen LogP contribution >= 0.6 is 0 Å². The van der Waals surface area contributed by atoms with Crippen molar-refractivity contribution in [1.82, 2.24) is 0 Å². The number of benzene rings is 1. The Kier molecular flexibility index (Phi) is 3.82. The fourth-order valence-electron chi connectivity index (χ4n) is 2.99. The van der Waals surface area contributed by atoms with Crippen LogP contribution in [0.1, 0.15) is 64.2 Å². The molecule has 2 rings (SSSR count). The molecular formula is C17H26O. The maximum absolute atomic E-state index is 10.4. The monoisotopic (exact) mass is 246 g/mol. The molecule has 0 amide bonds. The summed E-state index contributed by atoms with van der Waals surface area (Å²) < 4.78 is 0. The van der Waals surface area contributed by atoms with Crippen LogP contribution < -0.4 is 0 Å². The predicted octanol–water partition coefficient (Wildman–Crippen LogP) is 4.45. The van der Waals surface area contributed by atoms with Crippen molar-refractivity contribution in [3.05, 3.63) is 35.4 Å². The lowest BCUT2D eigenvalue weighted by Crippen LogP contribution is -2.13. The molecule has 0 aromatic heterocycles.